The number of rotatable bonds is 9. The zero-order valence-electron chi connectivity index (χ0n) is 18.7. The number of anilines is 1. The normalized spacial score (nSPS) is 20.6. The van der Waals surface area contributed by atoms with Crippen molar-refractivity contribution in [2.45, 2.75) is 31.1 Å². The number of likely N-dealkylation sites (tertiary alicyclic amines) is 1. The van der Waals surface area contributed by atoms with Crippen LogP contribution in [0.15, 0.2) is 60.8 Å². The molecule has 1 aliphatic rings. The molecular weight excluding hydrogens is 435 g/mol. The quantitative estimate of drug-likeness (QED) is 0.334. The number of aromatic nitrogens is 2. The molecule has 2 amide bonds. The number of carbonyl (C=O) groups is 2. The third-order valence-corrected chi connectivity index (χ3v) is 6.42. The van der Waals surface area contributed by atoms with Crippen LogP contribution >= 0.6 is 0 Å². The number of alkyl halides is 1. The highest BCUT2D eigenvalue weighted by Gasteiger charge is 2.46. The van der Waals surface area contributed by atoms with Gasteiger partial charge in [0.05, 0.1) is 0 Å². The van der Waals surface area contributed by atoms with E-state index in [1.165, 1.54) is 10.9 Å². The lowest BCUT2D eigenvalue weighted by Gasteiger charge is -2.44. The fourth-order valence-electron chi connectivity index (χ4n) is 4.53. The Hall–Kier alpha value is -3.85. The van der Waals surface area contributed by atoms with E-state index in [9.17, 15) is 9.59 Å². The van der Waals surface area contributed by atoms with Gasteiger partial charge < -0.3 is 16.5 Å². The van der Waals surface area contributed by atoms with Gasteiger partial charge in [0.1, 0.15) is 17.3 Å². The van der Waals surface area contributed by atoms with Crippen LogP contribution < -0.4 is 11.1 Å². The number of nitrogens with one attached hydrogen (secondary N) is 2. The molecule has 2 heterocycles. The highest BCUT2D eigenvalue weighted by atomic mass is 19.1. The smallest absolute Gasteiger partial charge is 0.254 e. The van der Waals surface area contributed by atoms with Crippen molar-refractivity contribution in [2.24, 2.45) is 5.73 Å². The van der Waals surface area contributed by atoms with Crippen molar-refractivity contribution in [3.8, 4) is 11.1 Å². The Labute approximate surface area is 197 Å². The van der Waals surface area contributed by atoms with Crippen LogP contribution in [-0.4, -0.2) is 52.5 Å². The summed E-state index contributed by atoms with van der Waals surface area (Å²) in [5.41, 5.74) is 7.62. The number of nitrogens with zero attached hydrogens (tertiary/aromatic N) is 3. The standard InChI is InChI=1S/C25H27FN6O2/c26-22-16-31(14-18-6-8-20(9-7-18)19-4-2-1-3-5-19)13-11-25(22,10-12-27)32-15-21(23(28)34)24(30-32)29-17-33/h1-9,12,15,17,22,27H,10-11,13-14,16H2,(H2,28,34)(H,29,30,33). The number of benzene rings is 2. The average molecular weight is 463 g/mol. The van der Waals surface area contributed by atoms with E-state index >= 15 is 4.39 Å². The van der Waals surface area contributed by atoms with Crippen LogP contribution in [0.1, 0.15) is 28.8 Å². The third-order valence-electron chi connectivity index (χ3n) is 6.42. The van der Waals surface area contributed by atoms with Gasteiger partial charge in [-0.05, 0) is 29.3 Å². The second-order valence-corrected chi connectivity index (χ2v) is 8.49. The predicted octanol–water partition coefficient (Wildman–Crippen LogP) is 3.20. The van der Waals surface area contributed by atoms with Crippen molar-refractivity contribution in [3.63, 3.8) is 0 Å². The SMILES string of the molecule is N=CCC1(n2cc(C(N)=O)c(NC=O)n2)CCN(Cc2ccc(-c3ccccc3)cc2)CC1F. The molecule has 0 bridgehead atoms. The van der Waals surface area contributed by atoms with E-state index in [0.29, 0.717) is 25.9 Å². The van der Waals surface area contributed by atoms with E-state index in [4.69, 9.17) is 11.1 Å². The highest BCUT2D eigenvalue weighted by molar-refractivity contribution is 5.99. The monoisotopic (exact) mass is 462 g/mol. The fourth-order valence-corrected chi connectivity index (χ4v) is 4.53. The van der Waals surface area contributed by atoms with Gasteiger partial charge in [-0.2, -0.15) is 5.10 Å². The number of hydrogen-bond donors (Lipinski definition) is 3. The maximum Gasteiger partial charge on any atom is 0.254 e. The summed E-state index contributed by atoms with van der Waals surface area (Å²) in [5.74, 6) is -0.785. The molecule has 8 nitrogen and oxygen atoms in total. The minimum absolute atomic E-state index is 0.00425. The Morgan fingerprint density at radius 3 is 2.53 bits per heavy atom. The van der Waals surface area contributed by atoms with Gasteiger partial charge in [-0.1, -0.05) is 54.6 Å². The van der Waals surface area contributed by atoms with Crippen LogP contribution in [0.4, 0.5) is 10.2 Å². The largest absolute Gasteiger partial charge is 0.365 e. The lowest BCUT2D eigenvalue weighted by atomic mass is 9.83. The fraction of sp³-hybridized carbons (Fsp3) is 0.280. The van der Waals surface area contributed by atoms with Crippen LogP contribution in [0.5, 0.6) is 0 Å². The van der Waals surface area contributed by atoms with E-state index in [0.717, 1.165) is 22.9 Å². The van der Waals surface area contributed by atoms with Crippen LogP contribution in [-0.2, 0) is 16.9 Å². The summed E-state index contributed by atoms with van der Waals surface area (Å²) in [7, 11) is 0. The average Bonchev–Trinajstić information content (AvgIpc) is 3.27. The molecule has 1 aromatic heterocycles. The molecule has 176 valence electrons. The third kappa shape index (κ3) is 4.60. The molecule has 2 atom stereocenters. The minimum atomic E-state index is -1.35. The maximum absolute atomic E-state index is 15.7. The number of amides is 2. The second kappa shape index (κ2) is 9.96. The summed E-state index contributed by atoms with van der Waals surface area (Å²) in [4.78, 5) is 24.7. The lowest BCUT2D eigenvalue weighted by molar-refractivity contribution is -0.105. The second-order valence-electron chi connectivity index (χ2n) is 8.49. The first kappa shape index (κ1) is 23.3. The summed E-state index contributed by atoms with van der Waals surface area (Å²) >= 11 is 0. The molecule has 0 spiro atoms. The van der Waals surface area contributed by atoms with Crippen molar-refractivity contribution in [2.75, 3.05) is 18.4 Å². The summed E-state index contributed by atoms with van der Waals surface area (Å²) in [6, 6.07) is 18.4. The van der Waals surface area contributed by atoms with Gasteiger partial charge in [-0.25, -0.2) is 4.39 Å². The Morgan fingerprint density at radius 2 is 1.91 bits per heavy atom. The van der Waals surface area contributed by atoms with Gasteiger partial charge >= 0.3 is 0 Å². The minimum Gasteiger partial charge on any atom is -0.365 e. The van der Waals surface area contributed by atoms with Gasteiger partial charge in [-0.15, -0.1) is 0 Å². The Morgan fingerprint density at radius 1 is 1.21 bits per heavy atom. The topological polar surface area (TPSA) is 117 Å². The van der Waals surface area contributed by atoms with Crippen LogP contribution in [0.3, 0.4) is 0 Å². The Kier molecular flexibility index (Phi) is 6.83. The highest BCUT2D eigenvalue weighted by Crippen LogP contribution is 2.37. The van der Waals surface area contributed by atoms with Gasteiger partial charge in [0.25, 0.3) is 5.91 Å². The van der Waals surface area contributed by atoms with Crippen molar-refractivity contribution >= 4 is 24.3 Å². The zero-order chi connectivity index (χ0) is 24.1. The van der Waals surface area contributed by atoms with E-state index in [1.54, 1.807) is 0 Å². The molecule has 1 fully saturated rings. The lowest BCUT2D eigenvalue weighted by Crippen LogP contribution is -2.55. The van der Waals surface area contributed by atoms with E-state index < -0.39 is 17.6 Å². The Balaban J connectivity index is 1.50. The van der Waals surface area contributed by atoms with Crippen molar-refractivity contribution < 1.29 is 14.0 Å². The molecule has 34 heavy (non-hydrogen) atoms. The molecule has 4 N–H and O–H groups in total. The van der Waals surface area contributed by atoms with Gasteiger partial charge in [0.2, 0.25) is 6.41 Å². The van der Waals surface area contributed by atoms with Crippen LogP contribution in [0, 0.1) is 5.41 Å². The van der Waals surface area contributed by atoms with Gasteiger partial charge in [-0.3, -0.25) is 19.2 Å². The number of piperidine rings is 1. The van der Waals surface area contributed by atoms with Crippen molar-refractivity contribution in [1.29, 1.82) is 5.41 Å². The van der Waals surface area contributed by atoms with Gasteiger partial charge in [0.15, 0.2) is 5.82 Å². The molecule has 0 radical (unpaired) electrons. The molecule has 4 rings (SSSR count). The molecule has 2 aromatic carbocycles. The van der Waals surface area contributed by atoms with Crippen LogP contribution in [0.25, 0.3) is 11.1 Å². The van der Waals surface area contributed by atoms with E-state index in [-0.39, 0.29) is 24.3 Å². The number of primary amides is 1. The van der Waals surface area contributed by atoms with Crippen molar-refractivity contribution in [3.05, 3.63) is 71.9 Å². The first-order valence-electron chi connectivity index (χ1n) is 11.1. The Bertz CT molecular complexity index is 1160. The molecule has 1 saturated heterocycles. The summed E-state index contributed by atoms with van der Waals surface area (Å²) < 4.78 is 17.1. The molecule has 0 aliphatic carbocycles. The summed E-state index contributed by atoms with van der Waals surface area (Å²) in [5, 5.41) is 14.2. The number of hydrogen-bond acceptors (Lipinski definition) is 5. The van der Waals surface area contributed by atoms with E-state index in [2.05, 4.69) is 46.8 Å². The van der Waals surface area contributed by atoms with Crippen LogP contribution in [0.2, 0.25) is 0 Å². The van der Waals surface area contributed by atoms with E-state index in [1.807, 2.05) is 23.1 Å². The summed E-state index contributed by atoms with van der Waals surface area (Å²) in [6.45, 7) is 1.33. The summed E-state index contributed by atoms with van der Waals surface area (Å²) in [6.07, 6.45) is 2.04. The molecule has 9 heteroatoms. The zero-order valence-corrected chi connectivity index (χ0v) is 18.7. The van der Waals surface area contributed by atoms with Crippen molar-refractivity contribution in [1.82, 2.24) is 14.7 Å². The first-order chi connectivity index (χ1) is 16.5. The molecule has 2 unspecified atom stereocenters. The van der Waals surface area contributed by atoms with Gasteiger partial charge in [0, 0.05) is 32.3 Å². The number of nitrogens with two attached hydrogens (primary N) is 1. The first-order valence-corrected chi connectivity index (χ1v) is 11.1. The molecular formula is C25H27FN6O2. The molecule has 0 saturated carbocycles. The molecule has 3 aromatic rings. The number of carbonyl (C=O) groups excluding carboxylic acids is 2. The molecule has 1 aliphatic heterocycles. The number of halogens is 1. The maximum atomic E-state index is 15.7. The predicted molar refractivity (Wildman–Crippen MR) is 128 cm³/mol.